The van der Waals surface area contributed by atoms with E-state index in [2.05, 4.69) is 10.3 Å². The quantitative estimate of drug-likeness (QED) is 0.811. The molecule has 0 unspecified atom stereocenters. The smallest absolute Gasteiger partial charge is 0.251 e. The van der Waals surface area contributed by atoms with Gasteiger partial charge in [0.1, 0.15) is 0 Å². The summed E-state index contributed by atoms with van der Waals surface area (Å²) >= 11 is 0. The molecule has 112 valence electrons. The minimum atomic E-state index is -3.23. The summed E-state index contributed by atoms with van der Waals surface area (Å²) in [6.07, 6.45) is 7.24. The molecule has 0 spiro atoms. The van der Waals surface area contributed by atoms with Gasteiger partial charge in [-0.2, -0.15) is 0 Å². The number of carbonyl (C=O) groups excluding carboxylic acids is 1. The van der Waals surface area contributed by atoms with Crippen LogP contribution in [-0.2, 0) is 16.4 Å². The van der Waals surface area contributed by atoms with Crippen molar-refractivity contribution in [3.05, 3.63) is 48.5 Å². The number of amides is 1. The Labute approximate surface area is 123 Å². The fourth-order valence-corrected chi connectivity index (χ4v) is 2.47. The lowest BCUT2D eigenvalue weighted by molar-refractivity contribution is 0.0952. The molecule has 21 heavy (non-hydrogen) atoms. The number of imidazole rings is 1. The lowest BCUT2D eigenvalue weighted by atomic mass is 10.2. The fraction of sp³-hybridized carbons (Fsp3) is 0.286. The topological polar surface area (TPSA) is 81.1 Å². The van der Waals surface area contributed by atoms with Gasteiger partial charge < -0.3 is 9.88 Å². The largest absolute Gasteiger partial charge is 0.352 e. The molecule has 1 aromatic carbocycles. The first-order valence-electron chi connectivity index (χ1n) is 6.51. The second kappa shape index (κ2) is 6.53. The van der Waals surface area contributed by atoms with Crippen LogP contribution in [-0.4, -0.2) is 36.7 Å². The number of sulfone groups is 1. The number of carbonyl (C=O) groups is 1. The maximum absolute atomic E-state index is 11.9. The van der Waals surface area contributed by atoms with Crippen molar-refractivity contribution < 1.29 is 13.2 Å². The average Bonchev–Trinajstić information content (AvgIpc) is 2.96. The van der Waals surface area contributed by atoms with Gasteiger partial charge in [-0.15, -0.1) is 0 Å². The van der Waals surface area contributed by atoms with Crippen LogP contribution in [0, 0.1) is 0 Å². The van der Waals surface area contributed by atoms with Gasteiger partial charge in [-0.05, 0) is 30.7 Å². The fourth-order valence-electron chi connectivity index (χ4n) is 1.84. The number of rotatable bonds is 6. The summed E-state index contributed by atoms with van der Waals surface area (Å²) in [4.78, 5) is 16.0. The third kappa shape index (κ3) is 4.42. The molecule has 0 fully saturated rings. The Kier molecular flexibility index (Phi) is 4.74. The van der Waals surface area contributed by atoms with E-state index in [1.54, 1.807) is 12.5 Å². The predicted molar refractivity (Wildman–Crippen MR) is 78.7 cm³/mol. The predicted octanol–water partition coefficient (Wildman–Crippen LogP) is 1.11. The highest BCUT2D eigenvalue weighted by atomic mass is 32.2. The zero-order valence-electron chi connectivity index (χ0n) is 11.7. The van der Waals surface area contributed by atoms with Crippen molar-refractivity contribution in [3.63, 3.8) is 0 Å². The van der Waals surface area contributed by atoms with Crippen LogP contribution < -0.4 is 5.32 Å². The summed E-state index contributed by atoms with van der Waals surface area (Å²) in [5.74, 6) is -0.208. The molecule has 0 aliphatic rings. The molecule has 2 aromatic rings. The molecule has 1 N–H and O–H groups in total. The first kappa shape index (κ1) is 15.2. The molecule has 1 aromatic heterocycles. The van der Waals surface area contributed by atoms with Crippen LogP contribution in [0.2, 0.25) is 0 Å². The Balaban J connectivity index is 1.83. The summed E-state index contributed by atoms with van der Waals surface area (Å²) in [5.41, 5.74) is 0.449. The van der Waals surface area contributed by atoms with Gasteiger partial charge in [0.25, 0.3) is 5.91 Å². The minimum Gasteiger partial charge on any atom is -0.352 e. The molecule has 0 radical (unpaired) electrons. The Bertz CT molecular complexity index is 692. The molecular formula is C14H17N3O3S. The van der Waals surface area contributed by atoms with E-state index >= 15 is 0 Å². The van der Waals surface area contributed by atoms with E-state index in [1.807, 2.05) is 10.8 Å². The lowest BCUT2D eigenvalue weighted by Gasteiger charge is -2.06. The number of nitrogens with zero attached hydrogens (tertiary/aromatic N) is 2. The second-order valence-corrected chi connectivity index (χ2v) is 6.72. The van der Waals surface area contributed by atoms with Gasteiger partial charge >= 0.3 is 0 Å². The zero-order valence-corrected chi connectivity index (χ0v) is 12.5. The van der Waals surface area contributed by atoms with Crippen LogP contribution in [0.5, 0.6) is 0 Å². The third-order valence-corrected chi connectivity index (χ3v) is 4.11. The molecule has 0 aliphatic carbocycles. The number of benzene rings is 1. The molecule has 6 nitrogen and oxygen atoms in total. The van der Waals surface area contributed by atoms with Gasteiger partial charge in [0.15, 0.2) is 9.84 Å². The highest BCUT2D eigenvalue weighted by Crippen LogP contribution is 2.10. The monoisotopic (exact) mass is 307 g/mol. The highest BCUT2D eigenvalue weighted by molar-refractivity contribution is 7.90. The molecule has 1 amide bonds. The maximum atomic E-state index is 11.9. The molecule has 7 heteroatoms. The van der Waals surface area contributed by atoms with Crippen molar-refractivity contribution in [2.75, 3.05) is 12.8 Å². The summed E-state index contributed by atoms with van der Waals surface area (Å²) in [6, 6.07) is 5.91. The number of nitrogens with one attached hydrogen (secondary N) is 1. The van der Waals surface area contributed by atoms with Crippen LogP contribution in [0.15, 0.2) is 47.9 Å². The number of hydrogen-bond donors (Lipinski definition) is 1. The van der Waals surface area contributed by atoms with E-state index in [4.69, 9.17) is 0 Å². The van der Waals surface area contributed by atoms with E-state index in [1.165, 1.54) is 24.3 Å². The van der Waals surface area contributed by atoms with Crippen molar-refractivity contribution in [2.24, 2.45) is 0 Å². The molecule has 0 saturated carbocycles. The molecule has 0 atom stereocenters. The second-order valence-electron chi connectivity index (χ2n) is 4.71. The van der Waals surface area contributed by atoms with Crippen LogP contribution in [0.1, 0.15) is 16.8 Å². The van der Waals surface area contributed by atoms with E-state index in [0.717, 1.165) is 19.2 Å². The Morgan fingerprint density at radius 1 is 1.29 bits per heavy atom. The van der Waals surface area contributed by atoms with Gasteiger partial charge in [0, 0.05) is 37.3 Å². The molecule has 2 rings (SSSR count). The molecule has 0 saturated heterocycles. The van der Waals surface area contributed by atoms with Gasteiger partial charge in [0.2, 0.25) is 0 Å². The minimum absolute atomic E-state index is 0.208. The average molecular weight is 307 g/mol. The maximum Gasteiger partial charge on any atom is 0.251 e. The van der Waals surface area contributed by atoms with Crippen molar-refractivity contribution in [1.29, 1.82) is 0 Å². The summed E-state index contributed by atoms with van der Waals surface area (Å²) in [7, 11) is -3.23. The normalized spacial score (nSPS) is 11.3. The third-order valence-electron chi connectivity index (χ3n) is 2.98. The number of aromatic nitrogens is 2. The SMILES string of the molecule is CS(=O)(=O)c1ccc(C(=O)NCCCn2ccnc2)cc1. The first-order chi connectivity index (χ1) is 9.97. The summed E-state index contributed by atoms with van der Waals surface area (Å²) < 4.78 is 24.6. The van der Waals surface area contributed by atoms with Gasteiger partial charge in [-0.25, -0.2) is 13.4 Å². The lowest BCUT2D eigenvalue weighted by Crippen LogP contribution is -2.25. The number of aryl methyl sites for hydroxylation is 1. The van der Waals surface area contributed by atoms with Crippen molar-refractivity contribution >= 4 is 15.7 Å². The highest BCUT2D eigenvalue weighted by Gasteiger charge is 2.09. The first-order valence-corrected chi connectivity index (χ1v) is 8.40. The molecule has 0 aliphatic heterocycles. The van der Waals surface area contributed by atoms with E-state index in [-0.39, 0.29) is 10.8 Å². The Morgan fingerprint density at radius 2 is 2.00 bits per heavy atom. The summed E-state index contributed by atoms with van der Waals surface area (Å²) in [6.45, 7) is 1.33. The van der Waals surface area contributed by atoms with Gasteiger partial charge in [-0.3, -0.25) is 4.79 Å². The van der Waals surface area contributed by atoms with E-state index < -0.39 is 9.84 Å². The van der Waals surface area contributed by atoms with Crippen molar-refractivity contribution in [1.82, 2.24) is 14.9 Å². The van der Waals surface area contributed by atoms with Crippen molar-refractivity contribution in [2.45, 2.75) is 17.9 Å². The van der Waals surface area contributed by atoms with Gasteiger partial charge in [-0.1, -0.05) is 0 Å². The van der Waals surface area contributed by atoms with Crippen LogP contribution in [0.4, 0.5) is 0 Å². The van der Waals surface area contributed by atoms with E-state index in [9.17, 15) is 13.2 Å². The van der Waals surface area contributed by atoms with E-state index in [0.29, 0.717) is 12.1 Å². The Hall–Kier alpha value is -2.15. The number of hydrogen-bond acceptors (Lipinski definition) is 4. The molecule has 0 bridgehead atoms. The Morgan fingerprint density at radius 3 is 2.57 bits per heavy atom. The standard InChI is InChI=1S/C14H17N3O3S/c1-21(19,20)13-5-3-12(4-6-13)14(18)16-7-2-9-17-10-8-15-11-17/h3-6,8,10-11H,2,7,9H2,1H3,(H,16,18). The zero-order chi connectivity index (χ0) is 15.3. The molecular weight excluding hydrogens is 290 g/mol. The van der Waals surface area contributed by atoms with Crippen molar-refractivity contribution in [3.8, 4) is 0 Å². The summed E-state index contributed by atoms with van der Waals surface area (Å²) in [5, 5.41) is 2.80. The molecule has 1 heterocycles. The van der Waals surface area contributed by atoms with Crippen LogP contribution in [0.25, 0.3) is 0 Å². The van der Waals surface area contributed by atoms with Crippen LogP contribution >= 0.6 is 0 Å². The van der Waals surface area contributed by atoms with Crippen LogP contribution in [0.3, 0.4) is 0 Å². The van der Waals surface area contributed by atoms with Gasteiger partial charge in [0.05, 0.1) is 11.2 Å².